The first-order chi connectivity index (χ1) is 10.5. The van der Waals surface area contributed by atoms with Gasteiger partial charge < -0.3 is 4.42 Å². The van der Waals surface area contributed by atoms with Crippen molar-refractivity contribution in [3.63, 3.8) is 0 Å². The predicted molar refractivity (Wildman–Crippen MR) is 89.0 cm³/mol. The topological polar surface area (TPSA) is 55.1 Å². The zero-order valence-corrected chi connectivity index (χ0v) is 13.7. The van der Waals surface area contributed by atoms with Crippen LogP contribution in [-0.2, 0) is 0 Å². The Kier molecular flexibility index (Phi) is 4.20. The van der Waals surface area contributed by atoms with Gasteiger partial charge in [0.1, 0.15) is 5.76 Å². The second-order valence-electron chi connectivity index (χ2n) is 4.51. The zero-order valence-electron chi connectivity index (χ0n) is 11.4. The lowest BCUT2D eigenvalue weighted by atomic mass is 10.2. The molecule has 0 aliphatic rings. The van der Waals surface area contributed by atoms with Crippen molar-refractivity contribution in [3.05, 3.63) is 57.3 Å². The third-order valence-electron chi connectivity index (χ3n) is 3.04. The van der Waals surface area contributed by atoms with Gasteiger partial charge in [-0.05, 0) is 25.1 Å². The Bertz CT molecular complexity index is 842. The molecule has 22 heavy (non-hydrogen) atoms. The van der Waals surface area contributed by atoms with Gasteiger partial charge in [0.2, 0.25) is 0 Å². The van der Waals surface area contributed by atoms with Crippen LogP contribution in [0, 0.1) is 6.92 Å². The first kappa shape index (κ1) is 15.1. The average Bonchev–Trinajstić information content (AvgIpc) is 3.11. The van der Waals surface area contributed by atoms with Crippen LogP contribution < -0.4 is 5.32 Å². The molecule has 0 fully saturated rings. The van der Waals surface area contributed by atoms with E-state index in [2.05, 4.69) is 10.3 Å². The molecule has 112 valence electrons. The maximum Gasteiger partial charge on any atom is 0.260 e. The maximum atomic E-state index is 12.1. The van der Waals surface area contributed by atoms with E-state index in [0.29, 0.717) is 26.5 Å². The molecule has 0 bridgehead atoms. The number of halogens is 2. The van der Waals surface area contributed by atoms with E-state index in [4.69, 9.17) is 27.6 Å². The number of amides is 1. The van der Waals surface area contributed by atoms with Gasteiger partial charge in [0.25, 0.3) is 5.91 Å². The van der Waals surface area contributed by atoms with E-state index in [0.717, 1.165) is 11.3 Å². The smallest absolute Gasteiger partial charge is 0.260 e. The van der Waals surface area contributed by atoms with Crippen molar-refractivity contribution >= 4 is 45.6 Å². The van der Waals surface area contributed by atoms with Gasteiger partial charge in [-0.25, -0.2) is 4.98 Å². The molecule has 1 aromatic carbocycles. The fraction of sp³-hybridized carbons (Fsp3) is 0.0667. The Morgan fingerprint density at radius 2 is 2.09 bits per heavy atom. The van der Waals surface area contributed by atoms with Gasteiger partial charge in [-0.1, -0.05) is 29.3 Å². The van der Waals surface area contributed by atoms with Crippen LogP contribution in [-0.4, -0.2) is 10.9 Å². The molecule has 0 aliphatic carbocycles. The van der Waals surface area contributed by atoms with Crippen molar-refractivity contribution in [1.29, 1.82) is 0 Å². The summed E-state index contributed by atoms with van der Waals surface area (Å²) < 4.78 is 5.12. The summed E-state index contributed by atoms with van der Waals surface area (Å²) in [5, 5.41) is 6.06. The standard InChI is InChI=1S/C15H10Cl2N2O2S/c1-8-10(4-5-21-8)14(20)19-15-18-13(7-22-15)9-2-3-11(16)12(17)6-9/h2-7H,1H3,(H,18,19,20). The highest BCUT2D eigenvalue weighted by Gasteiger charge is 2.14. The van der Waals surface area contributed by atoms with Gasteiger partial charge in [-0.3, -0.25) is 10.1 Å². The van der Waals surface area contributed by atoms with Crippen molar-refractivity contribution < 1.29 is 9.21 Å². The second kappa shape index (κ2) is 6.12. The Morgan fingerprint density at radius 1 is 1.27 bits per heavy atom. The van der Waals surface area contributed by atoms with Gasteiger partial charge >= 0.3 is 0 Å². The molecule has 0 aliphatic heterocycles. The lowest BCUT2D eigenvalue weighted by Crippen LogP contribution is -2.11. The highest BCUT2D eigenvalue weighted by atomic mass is 35.5. The summed E-state index contributed by atoms with van der Waals surface area (Å²) in [6, 6.07) is 6.91. The normalized spacial score (nSPS) is 10.7. The number of carbonyl (C=O) groups excluding carboxylic acids is 1. The average molecular weight is 353 g/mol. The molecule has 3 rings (SSSR count). The number of benzene rings is 1. The van der Waals surface area contributed by atoms with Crippen molar-refractivity contribution in [1.82, 2.24) is 4.98 Å². The van der Waals surface area contributed by atoms with Crippen molar-refractivity contribution in [2.24, 2.45) is 0 Å². The zero-order chi connectivity index (χ0) is 15.7. The summed E-state index contributed by atoms with van der Waals surface area (Å²) in [5.74, 6) is 0.319. The van der Waals surface area contributed by atoms with Crippen LogP contribution in [0.25, 0.3) is 11.3 Å². The minimum Gasteiger partial charge on any atom is -0.469 e. The molecule has 0 unspecified atom stereocenters. The number of hydrogen-bond donors (Lipinski definition) is 1. The quantitative estimate of drug-likeness (QED) is 0.698. The second-order valence-corrected chi connectivity index (χ2v) is 6.18. The Labute approximate surface area is 140 Å². The summed E-state index contributed by atoms with van der Waals surface area (Å²) in [5.41, 5.74) is 2.06. The SMILES string of the molecule is Cc1occc1C(=O)Nc1nc(-c2ccc(Cl)c(Cl)c2)cs1. The molecule has 0 radical (unpaired) electrons. The number of hydrogen-bond acceptors (Lipinski definition) is 4. The number of aromatic nitrogens is 1. The lowest BCUT2D eigenvalue weighted by molar-refractivity contribution is 0.102. The molecule has 0 saturated heterocycles. The molecule has 0 saturated carbocycles. The molecule has 2 heterocycles. The fourth-order valence-electron chi connectivity index (χ4n) is 1.90. The van der Waals surface area contributed by atoms with Crippen LogP contribution in [0.1, 0.15) is 16.1 Å². The molecule has 3 aromatic rings. The Balaban J connectivity index is 1.80. The number of nitrogens with one attached hydrogen (secondary N) is 1. The lowest BCUT2D eigenvalue weighted by Gasteiger charge is -2.01. The molecule has 0 spiro atoms. The van der Waals surface area contributed by atoms with E-state index in [-0.39, 0.29) is 5.91 Å². The van der Waals surface area contributed by atoms with Crippen LogP contribution in [0.3, 0.4) is 0 Å². The van der Waals surface area contributed by atoms with E-state index in [1.807, 2.05) is 11.4 Å². The highest BCUT2D eigenvalue weighted by molar-refractivity contribution is 7.14. The van der Waals surface area contributed by atoms with Gasteiger partial charge in [0, 0.05) is 10.9 Å². The van der Waals surface area contributed by atoms with Gasteiger partial charge in [0.15, 0.2) is 5.13 Å². The number of rotatable bonds is 3. The van der Waals surface area contributed by atoms with E-state index in [1.165, 1.54) is 17.6 Å². The number of anilines is 1. The first-order valence-electron chi connectivity index (χ1n) is 6.31. The molecule has 2 aromatic heterocycles. The number of thiazole rings is 1. The van der Waals surface area contributed by atoms with E-state index < -0.39 is 0 Å². The van der Waals surface area contributed by atoms with Crippen molar-refractivity contribution in [2.45, 2.75) is 6.92 Å². The number of carbonyl (C=O) groups is 1. The molecular weight excluding hydrogens is 343 g/mol. The van der Waals surface area contributed by atoms with Crippen LogP contribution >= 0.6 is 34.5 Å². The summed E-state index contributed by atoms with van der Waals surface area (Å²) in [6.45, 7) is 1.73. The number of furan rings is 1. The monoisotopic (exact) mass is 352 g/mol. The van der Waals surface area contributed by atoms with E-state index in [9.17, 15) is 4.79 Å². The predicted octanol–water partition coefficient (Wildman–Crippen LogP) is 5.27. The third-order valence-corrected chi connectivity index (χ3v) is 4.54. The molecular formula is C15H10Cl2N2O2S. The highest BCUT2D eigenvalue weighted by Crippen LogP contribution is 2.30. The van der Waals surface area contributed by atoms with E-state index in [1.54, 1.807) is 25.1 Å². The third kappa shape index (κ3) is 3.02. The first-order valence-corrected chi connectivity index (χ1v) is 7.94. The Morgan fingerprint density at radius 3 is 2.77 bits per heavy atom. The van der Waals surface area contributed by atoms with Crippen LogP contribution in [0.5, 0.6) is 0 Å². The van der Waals surface area contributed by atoms with Gasteiger partial charge in [0.05, 0.1) is 27.6 Å². The molecule has 4 nitrogen and oxygen atoms in total. The van der Waals surface area contributed by atoms with Crippen LogP contribution in [0.4, 0.5) is 5.13 Å². The minimum absolute atomic E-state index is 0.249. The molecule has 0 atom stereocenters. The largest absolute Gasteiger partial charge is 0.469 e. The summed E-state index contributed by atoms with van der Waals surface area (Å²) in [6.07, 6.45) is 1.48. The number of nitrogens with zero attached hydrogens (tertiary/aromatic N) is 1. The van der Waals surface area contributed by atoms with E-state index >= 15 is 0 Å². The Hall–Kier alpha value is -1.82. The fourth-order valence-corrected chi connectivity index (χ4v) is 2.92. The van der Waals surface area contributed by atoms with Crippen molar-refractivity contribution in [2.75, 3.05) is 5.32 Å². The van der Waals surface area contributed by atoms with Gasteiger partial charge in [-0.2, -0.15) is 0 Å². The molecule has 1 N–H and O–H groups in total. The van der Waals surface area contributed by atoms with Crippen molar-refractivity contribution in [3.8, 4) is 11.3 Å². The molecule has 1 amide bonds. The number of aryl methyl sites for hydroxylation is 1. The summed E-state index contributed by atoms with van der Waals surface area (Å²) >= 11 is 13.2. The van der Waals surface area contributed by atoms with Crippen LogP contribution in [0.2, 0.25) is 10.0 Å². The van der Waals surface area contributed by atoms with Crippen LogP contribution in [0.15, 0.2) is 40.3 Å². The minimum atomic E-state index is -0.249. The summed E-state index contributed by atoms with van der Waals surface area (Å²) in [7, 11) is 0. The molecule has 7 heteroatoms. The summed E-state index contributed by atoms with van der Waals surface area (Å²) in [4.78, 5) is 16.5. The maximum absolute atomic E-state index is 12.1. The van der Waals surface area contributed by atoms with Gasteiger partial charge in [-0.15, -0.1) is 11.3 Å².